The molecule has 1 saturated heterocycles. The summed E-state index contributed by atoms with van der Waals surface area (Å²) in [6.45, 7) is 5.86. The van der Waals surface area contributed by atoms with Crippen molar-refractivity contribution < 1.29 is 24.2 Å². The van der Waals surface area contributed by atoms with Crippen molar-refractivity contribution in [2.24, 2.45) is 0 Å². The van der Waals surface area contributed by atoms with E-state index >= 15 is 0 Å². The molecule has 3 aromatic carbocycles. The first kappa shape index (κ1) is 24.9. The second-order valence-corrected chi connectivity index (χ2v) is 8.33. The molecule has 3 aromatic rings. The molecule has 7 nitrogen and oxygen atoms in total. The molecule has 0 bridgehead atoms. The number of para-hydroxylation sites is 1. The SMILES string of the molecule is CCN(CC)c1ccc(N2C(=O)C(=O)/C(=C(\O)c3ccccc3OC)C2c2cccc(OC)c2)cc1. The number of nitrogens with zero attached hydrogens (tertiary/aromatic N) is 2. The predicted octanol–water partition coefficient (Wildman–Crippen LogP) is 5.18. The van der Waals surface area contributed by atoms with E-state index in [0.717, 1.165) is 18.8 Å². The Hall–Kier alpha value is -4.26. The number of benzene rings is 3. The number of ketones is 1. The number of anilines is 2. The first-order valence-corrected chi connectivity index (χ1v) is 11.9. The topological polar surface area (TPSA) is 79.3 Å². The van der Waals surface area contributed by atoms with Gasteiger partial charge in [-0.1, -0.05) is 24.3 Å². The summed E-state index contributed by atoms with van der Waals surface area (Å²) in [6.07, 6.45) is 0. The third-order valence-electron chi connectivity index (χ3n) is 6.47. The van der Waals surface area contributed by atoms with E-state index in [1.165, 1.54) is 12.0 Å². The fourth-order valence-electron chi connectivity index (χ4n) is 4.62. The number of carbonyl (C=O) groups excluding carboxylic acids is 2. The minimum absolute atomic E-state index is 0.00873. The van der Waals surface area contributed by atoms with Gasteiger partial charge in [-0.3, -0.25) is 14.5 Å². The van der Waals surface area contributed by atoms with Crippen molar-refractivity contribution in [3.05, 3.63) is 89.5 Å². The molecule has 0 aromatic heterocycles. The van der Waals surface area contributed by atoms with Gasteiger partial charge in [0.25, 0.3) is 11.7 Å². The van der Waals surface area contributed by atoms with Crippen LogP contribution >= 0.6 is 0 Å². The summed E-state index contributed by atoms with van der Waals surface area (Å²) in [5.41, 5.74) is 2.54. The van der Waals surface area contributed by atoms with Crippen LogP contribution in [0.3, 0.4) is 0 Å². The highest BCUT2D eigenvalue weighted by Gasteiger charge is 2.47. The van der Waals surface area contributed by atoms with Gasteiger partial charge < -0.3 is 19.5 Å². The quantitative estimate of drug-likeness (QED) is 0.269. The highest BCUT2D eigenvalue weighted by Crippen LogP contribution is 2.44. The zero-order valence-corrected chi connectivity index (χ0v) is 20.9. The minimum atomic E-state index is -0.857. The zero-order chi connectivity index (χ0) is 25.8. The van der Waals surface area contributed by atoms with Crippen molar-refractivity contribution in [1.82, 2.24) is 0 Å². The lowest BCUT2D eigenvalue weighted by Gasteiger charge is -2.27. The molecule has 36 heavy (non-hydrogen) atoms. The molecular weight excluding hydrogens is 456 g/mol. The molecule has 1 heterocycles. The van der Waals surface area contributed by atoms with Crippen LogP contribution in [0, 0.1) is 0 Å². The van der Waals surface area contributed by atoms with Crippen LogP contribution in [0.15, 0.2) is 78.4 Å². The molecule has 0 saturated carbocycles. The number of carbonyl (C=O) groups is 2. The molecule has 1 aliphatic heterocycles. The maximum absolute atomic E-state index is 13.4. The van der Waals surface area contributed by atoms with E-state index < -0.39 is 17.7 Å². The van der Waals surface area contributed by atoms with Crippen LogP contribution in [0.25, 0.3) is 5.76 Å². The van der Waals surface area contributed by atoms with Gasteiger partial charge in [0.2, 0.25) is 0 Å². The second kappa shape index (κ2) is 10.6. The lowest BCUT2D eigenvalue weighted by Crippen LogP contribution is -2.29. The molecule has 0 radical (unpaired) electrons. The van der Waals surface area contributed by atoms with Crippen molar-refractivity contribution in [3.8, 4) is 11.5 Å². The first-order valence-electron chi connectivity index (χ1n) is 11.9. The Kier molecular flexibility index (Phi) is 7.29. The molecule has 186 valence electrons. The van der Waals surface area contributed by atoms with Gasteiger partial charge >= 0.3 is 0 Å². The Morgan fingerprint density at radius 2 is 1.61 bits per heavy atom. The van der Waals surface area contributed by atoms with E-state index in [0.29, 0.717) is 28.3 Å². The number of rotatable bonds is 8. The minimum Gasteiger partial charge on any atom is -0.507 e. The first-order chi connectivity index (χ1) is 17.4. The van der Waals surface area contributed by atoms with Crippen molar-refractivity contribution in [3.63, 3.8) is 0 Å². The monoisotopic (exact) mass is 486 g/mol. The number of aliphatic hydroxyl groups is 1. The van der Waals surface area contributed by atoms with Crippen LogP contribution < -0.4 is 19.3 Å². The van der Waals surface area contributed by atoms with Crippen molar-refractivity contribution >= 4 is 28.8 Å². The van der Waals surface area contributed by atoms with E-state index in [1.54, 1.807) is 49.6 Å². The van der Waals surface area contributed by atoms with Crippen molar-refractivity contribution in [2.45, 2.75) is 19.9 Å². The lowest BCUT2D eigenvalue weighted by molar-refractivity contribution is -0.132. The summed E-state index contributed by atoms with van der Waals surface area (Å²) in [5.74, 6) is -0.795. The smallest absolute Gasteiger partial charge is 0.300 e. The van der Waals surface area contributed by atoms with Gasteiger partial charge in [0.15, 0.2) is 0 Å². The Morgan fingerprint density at radius 1 is 0.917 bits per heavy atom. The fraction of sp³-hybridized carbons (Fsp3) is 0.241. The summed E-state index contributed by atoms with van der Waals surface area (Å²) in [5, 5.41) is 11.4. The van der Waals surface area contributed by atoms with E-state index in [1.807, 2.05) is 30.3 Å². The molecule has 1 N–H and O–H groups in total. The Morgan fingerprint density at radius 3 is 2.25 bits per heavy atom. The van der Waals surface area contributed by atoms with Crippen LogP contribution in [-0.2, 0) is 9.59 Å². The second-order valence-electron chi connectivity index (χ2n) is 8.33. The van der Waals surface area contributed by atoms with E-state index in [-0.39, 0.29) is 11.3 Å². The van der Waals surface area contributed by atoms with Crippen LogP contribution in [0.4, 0.5) is 11.4 Å². The fourth-order valence-corrected chi connectivity index (χ4v) is 4.62. The van der Waals surface area contributed by atoms with Gasteiger partial charge in [0, 0.05) is 24.5 Å². The molecule has 1 unspecified atom stereocenters. The number of amides is 1. The summed E-state index contributed by atoms with van der Waals surface area (Å²) in [6, 6.07) is 20.7. The van der Waals surface area contributed by atoms with Gasteiger partial charge in [-0.25, -0.2) is 0 Å². The average molecular weight is 487 g/mol. The highest BCUT2D eigenvalue weighted by atomic mass is 16.5. The number of ether oxygens (including phenoxy) is 2. The molecule has 0 aliphatic carbocycles. The highest BCUT2D eigenvalue weighted by molar-refractivity contribution is 6.51. The zero-order valence-electron chi connectivity index (χ0n) is 20.9. The van der Waals surface area contributed by atoms with Gasteiger partial charge in [-0.15, -0.1) is 0 Å². The summed E-state index contributed by atoms with van der Waals surface area (Å²) < 4.78 is 10.8. The predicted molar refractivity (Wildman–Crippen MR) is 141 cm³/mol. The summed E-state index contributed by atoms with van der Waals surface area (Å²) in [4.78, 5) is 30.5. The molecule has 1 aliphatic rings. The van der Waals surface area contributed by atoms with Crippen LogP contribution in [0.1, 0.15) is 31.0 Å². The van der Waals surface area contributed by atoms with Gasteiger partial charge in [-0.05, 0) is 67.9 Å². The summed E-state index contributed by atoms with van der Waals surface area (Å²) >= 11 is 0. The van der Waals surface area contributed by atoms with Gasteiger partial charge in [0.1, 0.15) is 17.3 Å². The van der Waals surface area contributed by atoms with Gasteiger partial charge in [-0.2, -0.15) is 0 Å². The third-order valence-corrected chi connectivity index (χ3v) is 6.47. The maximum Gasteiger partial charge on any atom is 0.300 e. The molecule has 4 rings (SSSR count). The number of hydrogen-bond donors (Lipinski definition) is 1. The molecule has 7 heteroatoms. The van der Waals surface area contributed by atoms with Crippen LogP contribution in [0.5, 0.6) is 11.5 Å². The van der Waals surface area contributed by atoms with Gasteiger partial charge in [0.05, 0.1) is 31.4 Å². The van der Waals surface area contributed by atoms with Crippen molar-refractivity contribution in [2.75, 3.05) is 37.1 Å². The van der Waals surface area contributed by atoms with Crippen LogP contribution in [-0.4, -0.2) is 44.1 Å². The number of aliphatic hydroxyl groups excluding tert-OH is 1. The van der Waals surface area contributed by atoms with E-state index in [2.05, 4.69) is 18.7 Å². The standard InChI is InChI=1S/C29H30N2O5/c1-5-30(6-2)20-14-16-21(17-15-20)31-26(19-10-9-11-22(18-19)35-3)25(28(33)29(31)34)27(32)23-12-7-8-13-24(23)36-4/h7-18,26,32H,5-6H2,1-4H3/b27-25-. The molecule has 1 atom stereocenters. The van der Waals surface area contributed by atoms with E-state index in [4.69, 9.17) is 9.47 Å². The molecule has 1 amide bonds. The maximum atomic E-state index is 13.4. The number of hydrogen-bond acceptors (Lipinski definition) is 6. The average Bonchev–Trinajstić information content (AvgIpc) is 3.19. The number of Topliss-reactive ketones (excluding diaryl/α,β-unsaturated/α-hetero) is 1. The largest absolute Gasteiger partial charge is 0.507 e. The Bertz CT molecular complexity index is 1300. The molecule has 1 fully saturated rings. The Balaban J connectivity index is 1.91. The third kappa shape index (κ3) is 4.40. The normalized spacial score (nSPS) is 16.8. The van der Waals surface area contributed by atoms with E-state index in [9.17, 15) is 14.7 Å². The molecule has 0 spiro atoms. The van der Waals surface area contributed by atoms with Crippen LogP contribution in [0.2, 0.25) is 0 Å². The molecular formula is C29H30N2O5. The van der Waals surface area contributed by atoms with Crippen molar-refractivity contribution in [1.29, 1.82) is 0 Å². The summed E-state index contributed by atoms with van der Waals surface area (Å²) in [7, 11) is 3.04. The Labute approximate surface area is 211 Å². The lowest BCUT2D eigenvalue weighted by atomic mass is 9.94. The number of methoxy groups -OCH3 is 2.